The standard InChI is InChI=1S/C14H23N/c1-5-12(3)13(4)15-10-14-8-6-11(2)7-9-14/h6-9,12-13,15H,5,10H2,1-4H3/t12-,13+/m0/s1. The lowest BCUT2D eigenvalue weighted by Crippen LogP contribution is -2.31. The summed E-state index contributed by atoms with van der Waals surface area (Å²) in [6, 6.07) is 9.34. The minimum atomic E-state index is 0.594. The number of hydrogen-bond donors (Lipinski definition) is 1. The topological polar surface area (TPSA) is 12.0 Å². The van der Waals surface area contributed by atoms with E-state index >= 15 is 0 Å². The van der Waals surface area contributed by atoms with Crippen molar-refractivity contribution in [1.29, 1.82) is 0 Å². The number of rotatable bonds is 5. The van der Waals surface area contributed by atoms with Gasteiger partial charge in [-0.3, -0.25) is 0 Å². The van der Waals surface area contributed by atoms with E-state index < -0.39 is 0 Å². The summed E-state index contributed by atoms with van der Waals surface area (Å²) >= 11 is 0. The van der Waals surface area contributed by atoms with E-state index in [9.17, 15) is 0 Å². The quantitative estimate of drug-likeness (QED) is 0.775. The van der Waals surface area contributed by atoms with Gasteiger partial charge in [-0.2, -0.15) is 0 Å². The van der Waals surface area contributed by atoms with Gasteiger partial charge in [0.15, 0.2) is 0 Å². The Kier molecular flexibility index (Phi) is 4.83. The monoisotopic (exact) mass is 205 g/mol. The Morgan fingerprint density at radius 3 is 2.27 bits per heavy atom. The molecule has 1 aromatic rings. The number of benzene rings is 1. The first-order valence-corrected chi connectivity index (χ1v) is 5.92. The van der Waals surface area contributed by atoms with Crippen molar-refractivity contribution in [2.24, 2.45) is 5.92 Å². The fourth-order valence-corrected chi connectivity index (χ4v) is 1.54. The molecule has 0 saturated carbocycles. The zero-order chi connectivity index (χ0) is 11.3. The zero-order valence-electron chi connectivity index (χ0n) is 10.4. The Hall–Kier alpha value is -0.820. The SMILES string of the molecule is CC[C@H](C)[C@@H](C)NCc1ccc(C)cc1. The summed E-state index contributed by atoms with van der Waals surface area (Å²) in [6.45, 7) is 9.91. The molecule has 0 aliphatic carbocycles. The summed E-state index contributed by atoms with van der Waals surface area (Å²) in [4.78, 5) is 0. The van der Waals surface area contributed by atoms with Gasteiger partial charge in [-0.25, -0.2) is 0 Å². The minimum Gasteiger partial charge on any atom is -0.310 e. The van der Waals surface area contributed by atoms with Gasteiger partial charge in [0.25, 0.3) is 0 Å². The van der Waals surface area contributed by atoms with Crippen LogP contribution in [0.25, 0.3) is 0 Å². The molecule has 15 heavy (non-hydrogen) atoms. The van der Waals surface area contributed by atoms with E-state index in [0.717, 1.165) is 12.5 Å². The fraction of sp³-hybridized carbons (Fsp3) is 0.571. The van der Waals surface area contributed by atoms with Crippen LogP contribution < -0.4 is 5.32 Å². The predicted molar refractivity (Wildman–Crippen MR) is 66.9 cm³/mol. The minimum absolute atomic E-state index is 0.594. The van der Waals surface area contributed by atoms with Crippen molar-refractivity contribution in [3.05, 3.63) is 35.4 Å². The normalized spacial score (nSPS) is 14.9. The third-order valence-electron chi connectivity index (χ3n) is 3.25. The van der Waals surface area contributed by atoms with Crippen LogP contribution in [0, 0.1) is 12.8 Å². The van der Waals surface area contributed by atoms with Crippen molar-refractivity contribution in [3.8, 4) is 0 Å². The molecule has 0 aliphatic rings. The average molecular weight is 205 g/mol. The lowest BCUT2D eigenvalue weighted by atomic mass is 10.0. The van der Waals surface area contributed by atoms with Gasteiger partial charge in [-0.15, -0.1) is 0 Å². The molecule has 1 N–H and O–H groups in total. The zero-order valence-corrected chi connectivity index (χ0v) is 10.4. The van der Waals surface area contributed by atoms with Crippen LogP contribution in [0.3, 0.4) is 0 Å². The summed E-state index contributed by atoms with van der Waals surface area (Å²) in [5, 5.41) is 3.57. The van der Waals surface area contributed by atoms with Gasteiger partial charge in [0.05, 0.1) is 0 Å². The molecule has 0 bridgehead atoms. The molecule has 0 aromatic heterocycles. The Morgan fingerprint density at radius 1 is 1.13 bits per heavy atom. The molecule has 2 atom stereocenters. The summed E-state index contributed by atoms with van der Waals surface area (Å²) in [6.07, 6.45) is 1.24. The van der Waals surface area contributed by atoms with Crippen LogP contribution in [0.5, 0.6) is 0 Å². The first kappa shape index (κ1) is 12.3. The fourth-order valence-electron chi connectivity index (χ4n) is 1.54. The molecule has 1 rings (SSSR count). The highest BCUT2D eigenvalue weighted by atomic mass is 14.9. The molecular weight excluding hydrogens is 182 g/mol. The van der Waals surface area contributed by atoms with Gasteiger partial charge < -0.3 is 5.32 Å². The molecule has 0 spiro atoms. The largest absolute Gasteiger partial charge is 0.310 e. The van der Waals surface area contributed by atoms with E-state index in [1.165, 1.54) is 17.5 Å². The predicted octanol–water partition coefficient (Wildman–Crippen LogP) is 3.52. The molecule has 0 saturated heterocycles. The van der Waals surface area contributed by atoms with Crippen molar-refractivity contribution in [1.82, 2.24) is 5.32 Å². The van der Waals surface area contributed by atoms with Crippen molar-refractivity contribution < 1.29 is 0 Å². The highest BCUT2D eigenvalue weighted by Gasteiger charge is 2.08. The van der Waals surface area contributed by atoms with E-state index in [4.69, 9.17) is 0 Å². The third-order valence-corrected chi connectivity index (χ3v) is 3.25. The second-order valence-electron chi connectivity index (χ2n) is 4.54. The number of aryl methyl sites for hydroxylation is 1. The van der Waals surface area contributed by atoms with Crippen LogP contribution in [0.1, 0.15) is 38.3 Å². The molecule has 0 heterocycles. The van der Waals surface area contributed by atoms with Gasteiger partial charge in [0.1, 0.15) is 0 Å². The maximum Gasteiger partial charge on any atom is 0.0208 e. The highest BCUT2D eigenvalue weighted by Crippen LogP contribution is 2.08. The molecular formula is C14H23N. The van der Waals surface area contributed by atoms with E-state index in [-0.39, 0.29) is 0 Å². The summed E-state index contributed by atoms with van der Waals surface area (Å²) in [5.74, 6) is 0.746. The third kappa shape index (κ3) is 4.05. The maximum absolute atomic E-state index is 3.57. The summed E-state index contributed by atoms with van der Waals surface area (Å²) in [7, 11) is 0. The molecule has 0 fully saturated rings. The van der Waals surface area contributed by atoms with Gasteiger partial charge in [0, 0.05) is 12.6 Å². The Labute approximate surface area is 93.9 Å². The summed E-state index contributed by atoms with van der Waals surface area (Å²) < 4.78 is 0. The van der Waals surface area contributed by atoms with Crippen LogP contribution in [0.2, 0.25) is 0 Å². The van der Waals surface area contributed by atoms with Crippen LogP contribution in [0.15, 0.2) is 24.3 Å². The average Bonchev–Trinajstić information content (AvgIpc) is 2.26. The number of hydrogen-bond acceptors (Lipinski definition) is 1. The maximum atomic E-state index is 3.57. The first-order valence-electron chi connectivity index (χ1n) is 5.92. The van der Waals surface area contributed by atoms with Crippen molar-refractivity contribution in [3.63, 3.8) is 0 Å². The second kappa shape index (κ2) is 5.92. The molecule has 1 aromatic carbocycles. The van der Waals surface area contributed by atoms with E-state index in [2.05, 4.69) is 57.3 Å². The molecule has 0 unspecified atom stereocenters. The van der Waals surface area contributed by atoms with E-state index in [1.807, 2.05) is 0 Å². The molecule has 1 heteroatoms. The Bertz CT molecular complexity index is 276. The molecule has 0 amide bonds. The van der Waals surface area contributed by atoms with Gasteiger partial charge in [-0.05, 0) is 25.3 Å². The molecule has 0 radical (unpaired) electrons. The Morgan fingerprint density at radius 2 is 1.73 bits per heavy atom. The van der Waals surface area contributed by atoms with Crippen molar-refractivity contribution in [2.75, 3.05) is 0 Å². The smallest absolute Gasteiger partial charge is 0.0208 e. The van der Waals surface area contributed by atoms with Crippen LogP contribution >= 0.6 is 0 Å². The Balaban J connectivity index is 2.40. The van der Waals surface area contributed by atoms with Crippen LogP contribution in [-0.4, -0.2) is 6.04 Å². The van der Waals surface area contributed by atoms with Crippen LogP contribution in [0.4, 0.5) is 0 Å². The van der Waals surface area contributed by atoms with Crippen LogP contribution in [-0.2, 0) is 6.54 Å². The second-order valence-corrected chi connectivity index (χ2v) is 4.54. The van der Waals surface area contributed by atoms with E-state index in [0.29, 0.717) is 6.04 Å². The van der Waals surface area contributed by atoms with E-state index in [1.54, 1.807) is 0 Å². The number of nitrogens with one attached hydrogen (secondary N) is 1. The highest BCUT2D eigenvalue weighted by molar-refractivity contribution is 5.21. The molecule has 1 nitrogen and oxygen atoms in total. The van der Waals surface area contributed by atoms with Gasteiger partial charge in [0.2, 0.25) is 0 Å². The van der Waals surface area contributed by atoms with Crippen molar-refractivity contribution in [2.45, 2.75) is 46.7 Å². The lowest BCUT2D eigenvalue weighted by Gasteiger charge is -2.19. The van der Waals surface area contributed by atoms with Crippen molar-refractivity contribution >= 4 is 0 Å². The molecule has 0 aliphatic heterocycles. The van der Waals surface area contributed by atoms with Gasteiger partial charge in [-0.1, -0.05) is 50.1 Å². The van der Waals surface area contributed by atoms with Gasteiger partial charge >= 0.3 is 0 Å². The molecule has 84 valence electrons. The lowest BCUT2D eigenvalue weighted by molar-refractivity contribution is 0.389. The summed E-state index contributed by atoms with van der Waals surface area (Å²) in [5.41, 5.74) is 2.70. The first-order chi connectivity index (χ1) is 7.13.